The van der Waals surface area contributed by atoms with E-state index in [9.17, 15) is 4.79 Å². The zero-order chi connectivity index (χ0) is 15.3. The van der Waals surface area contributed by atoms with Crippen LogP contribution in [0.15, 0.2) is 30.1 Å². The maximum absolute atomic E-state index is 11.9. The molecule has 0 unspecified atom stereocenters. The summed E-state index contributed by atoms with van der Waals surface area (Å²) in [5.74, 6) is 0. The van der Waals surface area contributed by atoms with E-state index in [2.05, 4.69) is 22.4 Å². The van der Waals surface area contributed by atoms with E-state index in [0.717, 1.165) is 26.1 Å². The number of carbonyl (C=O) groups excluding carboxylic acids is 1. The number of H-pyrrole nitrogens is 1. The highest BCUT2D eigenvalue weighted by Gasteiger charge is 2.23. The molecule has 0 saturated carbocycles. The van der Waals surface area contributed by atoms with Crippen LogP contribution < -0.4 is 5.32 Å². The van der Waals surface area contributed by atoms with Gasteiger partial charge in [-0.05, 0) is 38.8 Å². The number of aromatic nitrogens is 1. The van der Waals surface area contributed by atoms with Crippen molar-refractivity contribution < 1.29 is 9.53 Å². The van der Waals surface area contributed by atoms with Gasteiger partial charge in [-0.3, -0.25) is 0 Å². The number of ether oxygens (including phenoxy) is 1. The summed E-state index contributed by atoms with van der Waals surface area (Å²) in [5, 5.41) is 3.42. The van der Waals surface area contributed by atoms with Crippen molar-refractivity contribution in [2.75, 3.05) is 19.6 Å². The summed E-state index contributed by atoms with van der Waals surface area (Å²) in [6, 6.07) is 2.06. The number of nitrogens with one attached hydrogen (secondary N) is 2. The minimum absolute atomic E-state index is 0.224. The first kappa shape index (κ1) is 15.6. The molecular formula is C16H25N3O2. The molecular weight excluding hydrogens is 266 g/mol. The quantitative estimate of drug-likeness (QED) is 0.839. The number of carbonyl (C=O) groups is 1. The Morgan fingerprint density at radius 1 is 1.43 bits per heavy atom. The molecule has 5 heteroatoms. The fourth-order valence-corrected chi connectivity index (χ4v) is 2.20. The van der Waals surface area contributed by atoms with Crippen LogP contribution in [0.1, 0.15) is 32.8 Å². The predicted octanol–water partition coefficient (Wildman–Crippen LogP) is 2.67. The van der Waals surface area contributed by atoms with Gasteiger partial charge in [0.05, 0.1) is 0 Å². The lowest BCUT2D eigenvalue weighted by Gasteiger charge is -2.29. The number of amides is 1. The van der Waals surface area contributed by atoms with Crippen molar-refractivity contribution in [3.8, 4) is 0 Å². The Labute approximate surface area is 126 Å². The zero-order valence-electron chi connectivity index (χ0n) is 13.1. The van der Waals surface area contributed by atoms with E-state index >= 15 is 0 Å². The van der Waals surface area contributed by atoms with Crippen molar-refractivity contribution in [1.82, 2.24) is 15.2 Å². The highest BCUT2D eigenvalue weighted by Crippen LogP contribution is 2.15. The molecule has 0 aliphatic carbocycles. The first-order chi connectivity index (χ1) is 9.94. The van der Waals surface area contributed by atoms with Gasteiger partial charge in [0.15, 0.2) is 0 Å². The summed E-state index contributed by atoms with van der Waals surface area (Å²) in [6.07, 6.45) is 6.72. The monoisotopic (exact) mass is 291 g/mol. The summed E-state index contributed by atoms with van der Waals surface area (Å²) >= 11 is 0. The van der Waals surface area contributed by atoms with Crippen molar-refractivity contribution in [1.29, 1.82) is 0 Å². The van der Waals surface area contributed by atoms with Gasteiger partial charge < -0.3 is 19.9 Å². The van der Waals surface area contributed by atoms with Crippen molar-refractivity contribution in [3.05, 3.63) is 35.7 Å². The van der Waals surface area contributed by atoms with Gasteiger partial charge in [-0.2, -0.15) is 0 Å². The number of rotatable bonds is 4. The van der Waals surface area contributed by atoms with Crippen LogP contribution in [-0.4, -0.2) is 41.2 Å². The van der Waals surface area contributed by atoms with Crippen LogP contribution in [0.25, 0.3) is 0 Å². The predicted molar refractivity (Wildman–Crippen MR) is 83.0 cm³/mol. The second kappa shape index (κ2) is 6.80. The van der Waals surface area contributed by atoms with Crippen LogP contribution >= 0.6 is 0 Å². The van der Waals surface area contributed by atoms with Crippen LogP contribution in [0.2, 0.25) is 0 Å². The molecule has 1 aliphatic rings. The fraction of sp³-hybridized carbons (Fsp3) is 0.562. The molecule has 1 aliphatic heterocycles. The molecule has 2 rings (SSSR count). The number of nitrogens with zero attached hydrogens (tertiary/aromatic N) is 1. The zero-order valence-corrected chi connectivity index (χ0v) is 13.1. The van der Waals surface area contributed by atoms with Gasteiger partial charge in [-0.1, -0.05) is 11.6 Å². The third kappa shape index (κ3) is 5.27. The highest BCUT2D eigenvalue weighted by atomic mass is 16.6. The second-order valence-corrected chi connectivity index (χ2v) is 6.36. The molecule has 1 amide bonds. The summed E-state index contributed by atoms with van der Waals surface area (Å²) in [6.45, 7) is 8.76. The molecule has 0 atom stereocenters. The van der Waals surface area contributed by atoms with Crippen LogP contribution in [-0.2, 0) is 11.3 Å². The van der Waals surface area contributed by atoms with E-state index < -0.39 is 5.60 Å². The number of hydrogen-bond acceptors (Lipinski definition) is 3. The van der Waals surface area contributed by atoms with Crippen molar-refractivity contribution in [2.24, 2.45) is 0 Å². The van der Waals surface area contributed by atoms with Gasteiger partial charge in [0.2, 0.25) is 0 Å². The molecule has 116 valence electrons. The lowest BCUT2D eigenvalue weighted by molar-refractivity contribution is 0.0265. The Morgan fingerprint density at radius 2 is 2.24 bits per heavy atom. The van der Waals surface area contributed by atoms with E-state index in [1.54, 1.807) is 4.90 Å². The molecule has 1 aromatic heterocycles. The average molecular weight is 291 g/mol. The number of hydrogen-bond donors (Lipinski definition) is 2. The Morgan fingerprint density at radius 3 is 2.81 bits per heavy atom. The topological polar surface area (TPSA) is 57.4 Å². The van der Waals surface area contributed by atoms with E-state index in [1.807, 2.05) is 33.2 Å². The lowest BCUT2D eigenvalue weighted by atomic mass is 10.1. The minimum Gasteiger partial charge on any atom is -0.444 e. The molecule has 0 fully saturated rings. The molecule has 2 N–H and O–H groups in total. The third-order valence-electron chi connectivity index (χ3n) is 3.30. The fourth-order valence-electron chi connectivity index (χ4n) is 2.20. The first-order valence-corrected chi connectivity index (χ1v) is 7.42. The maximum Gasteiger partial charge on any atom is 0.410 e. The van der Waals surface area contributed by atoms with Crippen molar-refractivity contribution in [2.45, 2.75) is 39.3 Å². The van der Waals surface area contributed by atoms with E-state index in [-0.39, 0.29) is 6.09 Å². The molecule has 0 saturated heterocycles. The summed E-state index contributed by atoms with van der Waals surface area (Å²) in [4.78, 5) is 16.7. The van der Waals surface area contributed by atoms with Crippen LogP contribution in [0.3, 0.4) is 0 Å². The lowest BCUT2D eigenvalue weighted by Crippen LogP contribution is -2.39. The SMILES string of the molecule is CC(C)(C)OC(=O)N1CC=C(CNCc2cc[nH]c2)CC1. The van der Waals surface area contributed by atoms with E-state index in [0.29, 0.717) is 6.54 Å². The standard InChI is InChI=1S/C16H25N3O2/c1-16(2,3)21-15(20)19-8-5-13(6-9-19)10-18-12-14-4-7-17-11-14/h4-5,7,11,17-18H,6,8-10,12H2,1-3H3. The second-order valence-electron chi connectivity index (χ2n) is 6.36. The minimum atomic E-state index is -0.431. The normalized spacial score (nSPS) is 15.8. The maximum atomic E-state index is 11.9. The molecule has 2 heterocycles. The van der Waals surface area contributed by atoms with Gasteiger partial charge in [-0.25, -0.2) is 4.79 Å². The highest BCUT2D eigenvalue weighted by molar-refractivity contribution is 5.68. The Balaban J connectivity index is 1.73. The molecule has 0 bridgehead atoms. The van der Waals surface area contributed by atoms with Gasteiger partial charge >= 0.3 is 6.09 Å². The smallest absolute Gasteiger partial charge is 0.410 e. The van der Waals surface area contributed by atoms with Crippen LogP contribution in [0.4, 0.5) is 4.79 Å². The van der Waals surface area contributed by atoms with Crippen molar-refractivity contribution >= 4 is 6.09 Å². The first-order valence-electron chi connectivity index (χ1n) is 7.42. The molecule has 0 spiro atoms. The van der Waals surface area contributed by atoms with Gasteiger partial charge in [0, 0.05) is 38.6 Å². The van der Waals surface area contributed by atoms with E-state index in [1.165, 1.54) is 11.1 Å². The average Bonchev–Trinajstić information content (AvgIpc) is 2.91. The Bertz CT molecular complexity index is 486. The summed E-state index contributed by atoms with van der Waals surface area (Å²) in [7, 11) is 0. The van der Waals surface area contributed by atoms with Gasteiger partial charge in [0.25, 0.3) is 0 Å². The molecule has 0 aromatic carbocycles. The Kier molecular flexibility index (Phi) is 5.07. The van der Waals surface area contributed by atoms with Crippen LogP contribution in [0, 0.1) is 0 Å². The van der Waals surface area contributed by atoms with Gasteiger partial charge in [0.1, 0.15) is 5.60 Å². The van der Waals surface area contributed by atoms with Gasteiger partial charge in [-0.15, -0.1) is 0 Å². The molecule has 1 aromatic rings. The number of aromatic amines is 1. The van der Waals surface area contributed by atoms with Crippen molar-refractivity contribution in [3.63, 3.8) is 0 Å². The molecule has 5 nitrogen and oxygen atoms in total. The van der Waals surface area contributed by atoms with Crippen LogP contribution in [0.5, 0.6) is 0 Å². The Hall–Kier alpha value is -1.75. The van der Waals surface area contributed by atoms with E-state index in [4.69, 9.17) is 4.74 Å². The largest absolute Gasteiger partial charge is 0.444 e. The summed E-state index contributed by atoms with van der Waals surface area (Å²) in [5.41, 5.74) is 2.17. The molecule has 0 radical (unpaired) electrons. The molecule has 21 heavy (non-hydrogen) atoms. The third-order valence-corrected chi connectivity index (χ3v) is 3.30. The summed E-state index contributed by atoms with van der Waals surface area (Å²) < 4.78 is 5.38.